The minimum absolute atomic E-state index is 0.0605. The van der Waals surface area contributed by atoms with Crippen molar-refractivity contribution >= 4 is 64.7 Å². The van der Waals surface area contributed by atoms with Gasteiger partial charge in [0.1, 0.15) is 10.3 Å². The molecule has 0 spiro atoms. The first-order valence-corrected chi connectivity index (χ1v) is 14.6. The summed E-state index contributed by atoms with van der Waals surface area (Å²) < 4.78 is 1.60. The third kappa shape index (κ3) is 7.63. The minimum Gasteiger partial charge on any atom is -0.483 e. The van der Waals surface area contributed by atoms with Crippen LogP contribution in [0.5, 0.6) is 0 Å². The Hall–Kier alpha value is -3.71. The van der Waals surface area contributed by atoms with E-state index in [2.05, 4.69) is 20.6 Å². The second kappa shape index (κ2) is 14.6. The highest BCUT2D eigenvalue weighted by Crippen LogP contribution is 2.29. The highest BCUT2D eigenvalue weighted by atomic mass is 35.5. The minimum atomic E-state index is -0.462. The first-order chi connectivity index (χ1) is 20.6. The third-order valence-corrected chi connectivity index (χ3v) is 8.12. The molecule has 12 nitrogen and oxygen atoms in total. The van der Waals surface area contributed by atoms with E-state index in [-0.39, 0.29) is 45.4 Å². The van der Waals surface area contributed by atoms with Crippen molar-refractivity contribution in [1.82, 2.24) is 29.7 Å². The molecule has 3 amide bonds. The highest BCUT2D eigenvalue weighted by molar-refractivity contribution is 6.34. The number of piperazine rings is 1. The molecule has 2 aliphatic rings. The van der Waals surface area contributed by atoms with Gasteiger partial charge in [0.2, 0.25) is 5.91 Å². The van der Waals surface area contributed by atoms with Crippen LogP contribution < -0.4 is 10.6 Å². The number of aromatic nitrogens is 3. The van der Waals surface area contributed by atoms with E-state index >= 15 is 0 Å². The monoisotopic (exact) mass is 649 g/mol. The molecule has 0 radical (unpaired) electrons. The maximum absolute atomic E-state index is 13.2. The molecule has 15 heteroatoms. The average Bonchev–Trinajstić information content (AvgIpc) is 3.38. The molecular formula is C28H30Cl3N7O5. The van der Waals surface area contributed by atoms with Crippen LogP contribution in [0.4, 0.5) is 5.69 Å². The van der Waals surface area contributed by atoms with Crippen LogP contribution in [0.1, 0.15) is 33.8 Å². The van der Waals surface area contributed by atoms with Gasteiger partial charge in [-0.1, -0.05) is 34.8 Å². The van der Waals surface area contributed by atoms with Crippen molar-refractivity contribution in [3.63, 3.8) is 0 Å². The van der Waals surface area contributed by atoms with Crippen molar-refractivity contribution in [2.45, 2.75) is 12.8 Å². The van der Waals surface area contributed by atoms with Gasteiger partial charge in [0.25, 0.3) is 18.3 Å². The molecule has 0 atom stereocenters. The highest BCUT2D eigenvalue weighted by Gasteiger charge is 2.30. The Labute approximate surface area is 262 Å². The number of halogens is 3. The van der Waals surface area contributed by atoms with E-state index in [1.807, 2.05) is 4.90 Å². The van der Waals surface area contributed by atoms with E-state index in [0.717, 1.165) is 25.9 Å². The van der Waals surface area contributed by atoms with Gasteiger partial charge in [-0.05, 0) is 56.3 Å². The summed E-state index contributed by atoms with van der Waals surface area (Å²) in [6.45, 7) is 3.37. The number of rotatable bonds is 5. The summed E-state index contributed by atoms with van der Waals surface area (Å²) in [5.41, 5.74) is 1.93. The number of imidazole rings is 1. The van der Waals surface area contributed by atoms with Gasteiger partial charge in [0.05, 0.1) is 22.5 Å². The zero-order chi connectivity index (χ0) is 31.1. The van der Waals surface area contributed by atoms with E-state index in [1.165, 1.54) is 12.3 Å². The number of amides is 3. The smallest absolute Gasteiger partial charge is 0.291 e. The van der Waals surface area contributed by atoms with Gasteiger partial charge in [-0.2, -0.15) is 0 Å². The van der Waals surface area contributed by atoms with Gasteiger partial charge in [0, 0.05) is 50.4 Å². The van der Waals surface area contributed by atoms with Crippen LogP contribution in [0.25, 0.3) is 11.3 Å². The number of hydrogen-bond donors (Lipinski definition) is 3. The van der Waals surface area contributed by atoms with Crippen molar-refractivity contribution in [2.24, 2.45) is 13.0 Å². The van der Waals surface area contributed by atoms with Gasteiger partial charge in [-0.25, -0.2) is 9.97 Å². The Morgan fingerprint density at radius 3 is 2.30 bits per heavy atom. The maximum atomic E-state index is 13.2. The Morgan fingerprint density at radius 2 is 1.67 bits per heavy atom. The normalized spacial score (nSPS) is 15.3. The zero-order valence-corrected chi connectivity index (χ0v) is 25.5. The quantitative estimate of drug-likeness (QED) is 0.280. The first-order valence-electron chi connectivity index (χ1n) is 13.5. The van der Waals surface area contributed by atoms with Gasteiger partial charge in [0.15, 0.2) is 5.82 Å². The molecule has 5 rings (SSSR count). The van der Waals surface area contributed by atoms with Crippen LogP contribution in [0.2, 0.25) is 15.3 Å². The summed E-state index contributed by atoms with van der Waals surface area (Å²) in [4.78, 5) is 59.2. The zero-order valence-electron chi connectivity index (χ0n) is 23.2. The molecule has 3 N–H and O–H groups in total. The number of nitrogens with zero attached hydrogens (tertiary/aromatic N) is 5. The molecule has 4 heterocycles. The van der Waals surface area contributed by atoms with E-state index in [9.17, 15) is 14.4 Å². The molecule has 0 aliphatic carbocycles. The Kier molecular flexibility index (Phi) is 11.0. The molecular weight excluding hydrogens is 621 g/mol. The molecule has 2 fully saturated rings. The number of pyridine rings is 1. The number of hydrogen-bond acceptors (Lipinski definition) is 7. The largest absolute Gasteiger partial charge is 0.483 e. The summed E-state index contributed by atoms with van der Waals surface area (Å²) in [7, 11) is 1.69. The lowest BCUT2D eigenvalue weighted by molar-refractivity contribution is -0.137. The number of nitrogens with one attached hydrogen (secondary N) is 2. The van der Waals surface area contributed by atoms with Crippen molar-refractivity contribution < 1.29 is 24.3 Å². The van der Waals surface area contributed by atoms with Crippen LogP contribution in [-0.2, 0) is 16.6 Å². The van der Waals surface area contributed by atoms with Crippen molar-refractivity contribution in [2.75, 3.05) is 44.6 Å². The topological polar surface area (TPSA) is 150 Å². The number of benzene rings is 1. The lowest BCUT2D eigenvalue weighted by Crippen LogP contribution is -2.52. The van der Waals surface area contributed by atoms with E-state index in [1.54, 1.807) is 40.8 Å². The number of carboxylic acid groups (broad SMARTS) is 1. The second-order valence-electron chi connectivity index (χ2n) is 9.89. The summed E-state index contributed by atoms with van der Waals surface area (Å²) in [6, 6.07) is 8.06. The number of carbonyl (C=O) groups is 4. The van der Waals surface area contributed by atoms with E-state index in [0.29, 0.717) is 48.7 Å². The summed E-state index contributed by atoms with van der Waals surface area (Å²) in [5.74, 6) is -0.283. The lowest BCUT2D eigenvalue weighted by Gasteiger charge is -2.37. The first kappa shape index (κ1) is 32.2. The maximum Gasteiger partial charge on any atom is 0.291 e. The third-order valence-electron chi connectivity index (χ3n) is 7.31. The molecule has 0 unspecified atom stereocenters. The van der Waals surface area contributed by atoms with E-state index in [4.69, 9.17) is 44.7 Å². The van der Waals surface area contributed by atoms with Crippen LogP contribution in [0.15, 0.2) is 36.5 Å². The van der Waals surface area contributed by atoms with Crippen LogP contribution in [0, 0.1) is 5.92 Å². The Morgan fingerprint density at radius 1 is 1.02 bits per heavy atom. The number of carbonyl (C=O) groups excluding carboxylic acids is 3. The van der Waals surface area contributed by atoms with Crippen molar-refractivity contribution in [1.29, 1.82) is 0 Å². The van der Waals surface area contributed by atoms with Crippen molar-refractivity contribution in [3.05, 3.63) is 63.2 Å². The lowest BCUT2D eigenvalue weighted by atomic mass is 9.96. The second-order valence-corrected chi connectivity index (χ2v) is 11.0. The molecule has 3 aromatic rings. The Balaban J connectivity index is 0.00000135. The average molecular weight is 651 g/mol. The van der Waals surface area contributed by atoms with Crippen LogP contribution in [-0.4, -0.2) is 92.9 Å². The van der Waals surface area contributed by atoms with Crippen LogP contribution >= 0.6 is 34.8 Å². The Bertz CT molecular complexity index is 1500. The molecule has 228 valence electrons. The van der Waals surface area contributed by atoms with Crippen molar-refractivity contribution in [3.8, 4) is 11.3 Å². The standard InChI is InChI=1S/C27H28Cl3N7O3.CH2O2/c1-35-21(19-4-5-22(29)34-23(19)30)15-32-24(35)25(38)33-17-2-3-18(20(28)14-17)27(40)37-12-10-36(11-13-37)26(39)16-6-8-31-9-7-16;2-1-3/h2-5,14-16,31H,6-13H2,1H3,(H,33,38);1H,(H,2,3). The molecule has 1 aromatic carbocycles. The van der Waals surface area contributed by atoms with Gasteiger partial charge >= 0.3 is 0 Å². The van der Waals surface area contributed by atoms with Gasteiger partial charge in [-0.3, -0.25) is 19.2 Å². The predicted molar refractivity (Wildman–Crippen MR) is 163 cm³/mol. The molecule has 2 saturated heterocycles. The molecule has 43 heavy (non-hydrogen) atoms. The van der Waals surface area contributed by atoms with E-state index < -0.39 is 5.91 Å². The SMILES string of the molecule is Cn1c(-c2ccc(Cl)nc2Cl)cnc1C(=O)Nc1ccc(C(=O)N2CCN(C(=O)C3CCNCC3)CC2)c(Cl)c1.O=CO. The summed E-state index contributed by atoms with van der Waals surface area (Å²) in [5, 5.41) is 13.6. The van der Waals surface area contributed by atoms with Gasteiger partial charge < -0.3 is 30.1 Å². The van der Waals surface area contributed by atoms with Crippen LogP contribution in [0.3, 0.4) is 0 Å². The number of piperidine rings is 1. The molecule has 0 saturated carbocycles. The molecule has 2 aromatic heterocycles. The molecule has 0 bridgehead atoms. The molecule has 2 aliphatic heterocycles. The summed E-state index contributed by atoms with van der Waals surface area (Å²) in [6.07, 6.45) is 3.23. The predicted octanol–water partition coefficient (Wildman–Crippen LogP) is 3.68. The number of anilines is 1. The van der Waals surface area contributed by atoms with Gasteiger partial charge in [-0.15, -0.1) is 0 Å². The fourth-order valence-electron chi connectivity index (χ4n) is 5.05. The fraction of sp³-hybridized carbons (Fsp3) is 0.357. The summed E-state index contributed by atoms with van der Waals surface area (Å²) >= 11 is 18.6. The fourth-order valence-corrected chi connectivity index (χ4v) is 5.76.